The van der Waals surface area contributed by atoms with Crippen molar-refractivity contribution >= 4 is 17.3 Å². The van der Waals surface area contributed by atoms with E-state index in [0.29, 0.717) is 0 Å². The molecule has 0 saturated carbocycles. The van der Waals surface area contributed by atoms with Crippen molar-refractivity contribution in [3.05, 3.63) is 41.1 Å². The van der Waals surface area contributed by atoms with Gasteiger partial charge in [0.1, 0.15) is 5.75 Å². The van der Waals surface area contributed by atoms with Crippen molar-refractivity contribution in [3.8, 4) is 5.75 Å². The minimum atomic E-state index is 0.218. The Morgan fingerprint density at radius 1 is 1.16 bits per heavy atom. The fourth-order valence-electron chi connectivity index (χ4n) is 2.86. The highest BCUT2D eigenvalue weighted by Gasteiger charge is 2.27. The molecule has 0 radical (unpaired) electrons. The van der Waals surface area contributed by atoms with E-state index in [1.165, 1.54) is 29.7 Å². The summed E-state index contributed by atoms with van der Waals surface area (Å²) in [7, 11) is 1.69. The predicted octanol–water partition coefficient (Wildman–Crippen LogP) is 3.04. The van der Waals surface area contributed by atoms with Gasteiger partial charge in [-0.05, 0) is 61.2 Å². The van der Waals surface area contributed by atoms with Gasteiger partial charge in [0.05, 0.1) is 13.2 Å². The Labute approximate surface area is 119 Å². The third-order valence-corrected chi connectivity index (χ3v) is 4.07. The van der Waals surface area contributed by atoms with E-state index < -0.39 is 0 Å². The van der Waals surface area contributed by atoms with Crippen molar-refractivity contribution < 1.29 is 4.74 Å². The largest absolute Gasteiger partial charge is 0.497 e. The zero-order valence-electron chi connectivity index (χ0n) is 11.0. The second kappa shape index (κ2) is 5.21. The van der Waals surface area contributed by atoms with E-state index in [-0.39, 0.29) is 6.04 Å². The number of rotatable bonds is 2. The Kier molecular flexibility index (Phi) is 3.42. The highest BCUT2D eigenvalue weighted by atomic mass is 32.1. The van der Waals surface area contributed by atoms with Crippen LogP contribution in [0.4, 0.5) is 0 Å². The SMILES string of the molecule is COc1ccc(C2NC(=S)NC3=C2CCCC3)cc1. The molecule has 0 bridgehead atoms. The smallest absolute Gasteiger partial charge is 0.171 e. The third-order valence-electron chi connectivity index (χ3n) is 3.85. The maximum atomic E-state index is 5.32. The molecule has 1 atom stereocenters. The molecule has 19 heavy (non-hydrogen) atoms. The van der Waals surface area contributed by atoms with Crippen molar-refractivity contribution in [2.45, 2.75) is 31.7 Å². The molecule has 1 aromatic carbocycles. The van der Waals surface area contributed by atoms with E-state index in [0.717, 1.165) is 23.7 Å². The van der Waals surface area contributed by atoms with Gasteiger partial charge in [-0.1, -0.05) is 12.1 Å². The van der Waals surface area contributed by atoms with Crippen LogP contribution in [0.5, 0.6) is 5.75 Å². The fourth-order valence-corrected chi connectivity index (χ4v) is 3.10. The van der Waals surface area contributed by atoms with Gasteiger partial charge >= 0.3 is 0 Å². The highest BCUT2D eigenvalue weighted by Crippen LogP contribution is 2.35. The van der Waals surface area contributed by atoms with Crippen LogP contribution in [0.2, 0.25) is 0 Å². The van der Waals surface area contributed by atoms with E-state index in [9.17, 15) is 0 Å². The van der Waals surface area contributed by atoms with Gasteiger partial charge in [-0.3, -0.25) is 0 Å². The lowest BCUT2D eigenvalue weighted by molar-refractivity contribution is 0.414. The second-order valence-electron chi connectivity index (χ2n) is 5.02. The number of allylic oxidation sites excluding steroid dienone is 1. The first-order valence-corrected chi connectivity index (χ1v) is 7.12. The molecule has 1 unspecified atom stereocenters. The summed E-state index contributed by atoms with van der Waals surface area (Å²) in [6, 6.07) is 8.46. The molecule has 0 amide bonds. The van der Waals surface area contributed by atoms with E-state index in [4.69, 9.17) is 17.0 Å². The molecule has 0 spiro atoms. The van der Waals surface area contributed by atoms with Crippen molar-refractivity contribution in [2.24, 2.45) is 0 Å². The Morgan fingerprint density at radius 3 is 2.63 bits per heavy atom. The summed E-state index contributed by atoms with van der Waals surface area (Å²) in [5.74, 6) is 0.887. The second-order valence-corrected chi connectivity index (χ2v) is 5.42. The maximum absolute atomic E-state index is 5.32. The summed E-state index contributed by atoms with van der Waals surface area (Å²) in [4.78, 5) is 0. The molecular formula is C15H18N2OS. The Hall–Kier alpha value is -1.55. The van der Waals surface area contributed by atoms with E-state index >= 15 is 0 Å². The summed E-state index contributed by atoms with van der Waals surface area (Å²) in [6.07, 6.45) is 4.78. The van der Waals surface area contributed by atoms with Crippen molar-refractivity contribution in [2.75, 3.05) is 7.11 Å². The number of ether oxygens (including phenoxy) is 1. The molecule has 1 aliphatic carbocycles. The van der Waals surface area contributed by atoms with Gasteiger partial charge < -0.3 is 15.4 Å². The molecule has 4 heteroatoms. The van der Waals surface area contributed by atoms with E-state index in [1.807, 2.05) is 12.1 Å². The first-order chi connectivity index (χ1) is 9.28. The lowest BCUT2D eigenvalue weighted by atomic mass is 9.86. The number of hydrogen-bond donors (Lipinski definition) is 2. The number of nitrogens with one attached hydrogen (secondary N) is 2. The first-order valence-electron chi connectivity index (χ1n) is 6.71. The molecule has 1 heterocycles. The van der Waals surface area contributed by atoms with Crippen LogP contribution >= 0.6 is 12.2 Å². The quantitative estimate of drug-likeness (QED) is 0.812. The molecular weight excluding hydrogens is 256 g/mol. The van der Waals surface area contributed by atoms with Gasteiger partial charge in [0.15, 0.2) is 5.11 Å². The zero-order valence-corrected chi connectivity index (χ0v) is 11.8. The van der Waals surface area contributed by atoms with Gasteiger partial charge in [0, 0.05) is 5.70 Å². The summed E-state index contributed by atoms with van der Waals surface area (Å²) in [5, 5.41) is 7.44. The van der Waals surface area contributed by atoms with Crippen molar-refractivity contribution in [1.82, 2.24) is 10.6 Å². The van der Waals surface area contributed by atoms with Crippen molar-refractivity contribution in [3.63, 3.8) is 0 Å². The topological polar surface area (TPSA) is 33.3 Å². The summed E-state index contributed by atoms with van der Waals surface area (Å²) < 4.78 is 5.21. The van der Waals surface area contributed by atoms with Crippen molar-refractivity contribution in [1.29, 1.82) is 0 Å². The van der Waals surface area contributed by atoms with E-state index in [1.54, 1.807) is 7.11 Å². The maximum Gasteiger partial charge on any atom is 0.171 e. The molecule has 1 aliphatic heterocycles. The Balaban J connectivity index is 1.94. The molecule has 0 fully saturated rings. The molecule has 1 aromatic rings. The van der Waals surface area contributed by atoms with Gasteiger partial charge in [0.2, 0.25) is 0 Å². The molecule has 2 aliphatic rings. The van der Waals surface area contributed by atoms with Crippen LogP contribution in [-0.4, -0.2) is 12.2 Å². The third kappa shape index (κ3) is 2.45. The van der Waals surface area contributed by atoms with Crippen LogP contribution in [0.25, 0.3) is 0 Å². The van der Waals surface area contributed by atoms with Gasteiger partial charge in [-0.15, -0.1) is 0 Å². The average molecular weight is 274 g/mol. The standard InChI is InChI=1S/C15H18N2OS/c1-18-11-8-6-10(7-9-11)14-12-4-2-3-5-13(12)16-15(19)17-14/h6-9,14H,2-5H2,1H3,(H2,16,17,19). The number of methoxy groups -OCH3 is 1. The minimum Gasteiger partial charge on any atom is -0.497 e. The fraction of sp³-hybridized carbons (Fsp3) is 0.400. The summed E-state index contributed by atoms with van der Waals surface area (Å²) in [6.45, 7) is 0. The normalized spacial score (nSPS) is 22.4. The van der Waals surface area contributed by atoms with Gasteiger partial charge in [0.25, 0.3) is 0 Å². The minimum absolute atomic E-state index is 0.218. The Morgan fingerprint density at radius 2 is 1.89 bits per heavy atom. The first kappa shape index (κ1) is 12.5. The highest BCUT2D eigenvalue weighted by molar-refractivity contribution is 7.80. The van der Waals surface area contributed by atoms with Gasteiger partial charge in [-0.2, -0.15) is 0 Å². The number of benzene rings is 1. The van der Waals surface area contributed by atoms with Crippen LogP contribution < -0.4 is 15.4 Å². The lowest BCUT2D eigenvalue weighted by Crippen LogP contribution is -2.44. The van der Waals surface area contributed by atoms with Crippen LogP contribution in [-0.2, 0) is 0 Å². The van der Waals surface area contributed by atoms with E-state index in [2.05, 4.69) is 22.8 Å². The summed E-state index contributed by atoms with van der Waals surface area (Å²) in [5.41, 5.74) is 4.04. The molecule has 2 N–H and O–H groups in total. The van der Waals surface area contributed by atoms with Crippen LogP contribution in [0, 0.1) is 0 Å². The number of thiocarbonyl (C=S) groups is 1. The molecule has 3 rings (SSSR count). The lowest BCUT2D eigenvalue weighted by Gasteiger charge is -2.34. The van der Waals surface area contributed by atoms with Gasteiger partial charge in [-0.25, -0.2) is 0 Å². The number of hydrogen-bond acceptors (Lipinski definition) is 2. The molecule has 0 saturated heterocycles. The van der Waals surface area contributed by atoms with Crippen LogP contribution in [0.3, 0.4) is 0 Å². The Bertz CT molecular complexity index is 521. The predicted molar refractivity (Wildman–Crippen MR) is 80.1 cm³/mol. The van der Waals surface area contributed by atoms with Crippen LogP contribution in [0.15, 0.2) is 35.5 Å². The molecule has 3 nitrogen and oxygen atoms in total. The molecule has 100 valence electrons. The summed E-state index contributed by atoms with van der Waals surface area (Å²) >= 11 is 5.32. The monoisotopic (exact) mass is 274 g/mol. The molecule has 0 aromatic heterocycles. The van der Waals surface area contributed by atoms with Crippen LogP contribution in [0.1, 0.15) is 37.3 Å². The average Bonchev–Trinajstić information content (AvgIpc) is 2.46. The zero-order chi connectivity index (χ0) is 13.2.